The van der Waals surface area contributed by atoms with Crippen LogP contribution in [0.3, 0.4) is 0 Å². The summed E-state index contributed by atoms with van der Waals surface area (Å²) in [5.74, 6) is -0.192. The lowest BCUT2D eigenvalue weighted by atomic mass is 9.66. The Morgan fingerprint density at radius 2 is 1.75 bits per heavy atom. The van der Waals surface area contributed by atoms with Gasteiger partial charge < -0.3 is 35.7 Å². The van der Waals surface area contributed by atoms with E-state index >= 15 is 0 Å². The molecule has 1 aliphatic heterocycles. The highest BCUT2D eigenvalue weighted by Gasteiger charge is 2.48. The van der Waals surface area contributed by atoms with Crippen molar-refractivity contribution in [2.24, 2.45) is 11.7 Å². The molecule has 0 amide bonds. The fourth-order valence-corrected chi connectivity index (χ4v) is 5.04. The van der Waals surface area contributed by atoms with Gasteiger partial charge in [0.25, 0.3) is 0 Å². The van der Waals surface area contributed by atoms with Gasteiger partial charge in [0.1, 0.15) is 17.4 Å². The highest BCUT2D eigenvalue weighted by atomic mass is 16.5. The van der Waals surface area contributed by atoms with Gasteiger partial charge in [-0.05, 0) is 60.3 Å². The van der Waals surface area contributed by atoms with E-state index in [0.717, 1.165) is 42.7 Å². The predicted molar refractivity (Wildman–Crippen MR) is 138 cm³/mol. The van der Waals surface area contributed by atoms with E-state index in [1.54, 1.807) is 0 Å². The standard InChI is InChI=1S/C27H37BN2O6/c29-27(26(31)32,12-1-2-13-28(33)34)22-15-23(16-22)30-17-19-3-5-20(6-4-19)21-7-9-24(10-8-21)36-25-11-14-35-18-25/h3-10,22-23,25,30,33-34H,1-2,11-18,29H2,(H,31,32)/t22?,23?,25-,27?/m0/s1. The first kappa shape index (κ1) is 26.6. The number of benzene rings is 2. The SMILES string of the molecule is NC(CCCCB(O)O)(C(=O)O)C1CC(NCc2ccc(-c3ccc(O[C@H]4CCOC4)cc3)cc2)C1. The minimum absolute atomic E-state index is 0.0814. The largest absolute Gasteiger partial charge is 0.488 e. The number of carboxylic acid groups (broad SMARTS) is 1. The minimum Gasteiger partial charge on any atom is -0.488 e. The van der Waals surface area contributed by atoms with Crippen LogP contribution in [0, 0.1) is 5.92 Å². The van der Waals surface area contributed by atoms with E-state index in [0.29, 0.717) is 32.4 Å². The summed E-state index contributed by atoms with van der Waals surface area (Å²) in [4.78, 5) is 11.9. The molecule has 194 valence electrons. The summed E-state index contributed by atoms with van der Waals surface area (Å²) >= 11 is 0. The highest BCUT2D eigenvalue weighted by Crippen LogP contribution is 2.38. The maximum atomic E-state index is 11.9. The van der Waals surface area contributed by atoms with E-state index in [4.69, 9.17) is 25.3 Å². The Bertz CT molecular complexity index is 975. The smallest absolute Gasteiger partial charge is 0.451 e. The number of nitrogens with one attached hydrogen (secondary N) is 1. The third-order valence-corrected chi connectivity index (χ3v) is 7.49. The number of unbranched alkanes of at least 4 members (excludes halogenated alkanes) is 1. The van der Waals surface area contributed by atoms with E-state index < -0.39 is 18.6 Å². The highest BCUT2D eigenvalue weighted by molar-refractivity contribution is 6.40. The Morgan fingerprint density at radius 1 is 1.08 bits per heavy atom. The zero-order chi connectivity index (χ0) is 25.5. The van der Waals surface area contributed by atoms with Crippen LogP contribution in [0.5, 0.6) is 5.75 Å². The third kappa shape index (κ3) is 6.86. The monoisotopic (exact) mass is 496 g/mol. The fourth-order valence-electron chi connectivity index (χ4n) is 5.04. The summed E-state index contributed by atoms with van der Waals surface area (Å²) in [7, 11) is -1.36. The van der Waals surface area contributed by atoms with Crippen molar-refractivity contribution in [3.8, 4) is 16.9 Å². The van der Waals surface area contributed by atoms with Crippen LogP contribution < -0.4 is 15.8 Å². The van der Waals surface area contributed by atoms with Crippen molar-refractivity contribution in [2.45, 2.75) is 69.1 Å². The van der Waals surface area contributed by atoms with Crippen LogP contribution in [0.2, 0.25) is 6.32 Å². The maximum absolute atomic E-state index is 11.9. The molecule has 1 saturated heterocycles. The number of carboxylic acids is 1. The summed E-state index contributed by atoms with van der Waals surface area (Å²) in [6.45, 7) is 2.13. The normalized spacial score (nSPS) is 23.0. The van der Waals surface area contributed by atoms with Crippen molar-refractivity contribution in [3.63, 3.8) is 0 Å². The van der Waals surface area contributed by atoms with Gasteiger partial charge >= 0.3 is 13.1 Å². The van der Waals surface area contributed by atoms with E-state index in [-0.39, 0.29) is 24.4 Å². The molecule has 4 rings (SSSR count). The lowest BCUT2D eigenvalue weighted by Gasteiger charge is -2.45. The Labute approximate surface area is 213 Å². The second kappa shape index (κ2) is 12.2. The van der Waals surface area contributed by atoms with E-state index in [9.17, 15) is 9.90 Å². The fraction of sp³-hybridized carbons (Fsp3) is 0.519. The topological polar surface area (TPSA) is 134 Å². The van der Waals surface area contributed by atoms with Crippen LogP contribution in [0.25, 0.3) is 11.1 Å². The Morgan fingerprint density at radius 3 is 2.33 bits per heavy atom. The van der Waals surface area contributed by atoms with Crippen molar-refractivity contribution < 1.29 is 29.4 Å². The van der Waals surface area contributed by atoms with E-state index in [1.807, 2.05) is 12.1 Å². The zero-order valence-corrected chi connectivity index (χ0v) is 20.6. The first-order valence-corrected chi connectivity index (χ1v) is 12.9. The molecule has 2 aromatic rings. The summed E-state index contributed by atoms with van der Waals surface area (Å²) in [5, 5.41) is 31.2. The van der Waals surface area contributed by atoms with Gasteiger partial charge in [-0.3, -0.25) is 4.79 Å². The average molecular weight is 496 g/mol. The molecule has 0 aromatic heterocycles. The van der Waals surface area contributed by atoms with Gasteiger partial charge in [-0.15, -0.1) is 0 Å². The van der Waals surface area contributed by atoms with Gasteiger partial charge in [0.2, 0.25) is 0 Å². The molecule has 0 spiro atoms. The molecule has 1 aliphatic carbocycles. The molecule has 8 nitrogen and oxygen atoms in total. The van der Waals surface area contributed by atoms with Crippen LogP contribution in [0.1, 0.15) is 44.1 Å². The van der Waals surface area contributed by atoms with Gasteiger partial charge in [0, 0.05) is 19.0 Å². The minimum atomic E-state index is -1.36. The predicted octanol–water partition coefficient (Wildman–Crippen LogP) is 2.81. The first-order valence-electron chi connectivity index (χ1n) is 12.9. The molecule has 2 aromatic carbocycles. The summed E-state index contributed by atoms with van der Waals surface area (Å²) in [5.41, 5.74) is 8.47. The van der Waals surface area contributed by atoms with Gasteiger partial charge in [-0.25, -0.2) is 0 Å². The van der Waals surface area contributed by atoms with Gasteiger partial charge in [0.15, 0.2) is 0 Å². The number of nitrogens with two attached hydrogens (primary N) is 1. The lowest BCUT2D eigenvalue weighted by Crippen LogP contribution is -2.61. The molecule has 2 atom stereocenters. The summed E-state index contributed by atoms with van der Waals surface area (Å²) < 4.78 is 11.3. The molecule has 2 aliphatic rings. The molecule has 9 heteroatoms. The number of hydrogen-bond acceptors (Lipinski definition) is 7. The second-order valence-electron chi connectivity index (χ2n) is 10.1. The summed E-state index contributed by atoms with van der Waals surface area (Å²) in [6, 6.07) is 16.8. The van der Waals surface area contributed by atoms with E-state index in [2.05, 4.69) is 41.7 Å². The number of carbonyl (C=O) groups is 1. The third-order valence-electron chi connectivity index (χ3n) is 7.49. The van der Waals surface area contributed by atoms with Crippen molar-refractivity contribution in [1.82, 2.24) is 5.32 Å². The summed E-state index contributed by atoms with van der Waals surface area (Å²) in [6.07, 6.45) is 4.22. The maximum Gasteiger partial charge on any atom is 0.451 e. The lowest BCUT2D eigenvalue weighted by molar-refractivity contribution is -0.148. The molecule has 0 bridgehead atoms. The van der Waals surface area contributed by atoms with Crippen LogP contribution >= 0.6 is 0 Å². The van der Waals surface area contributed by atoms with E-state index in [1.165, 1.54) is 5.56 Å². The molecular weight excluding hydrogens is 459 g/mol. The molecule has 0 radical (unpaired) electrons. The van der Waals surface area contributed by atoms with Crippen LogP contribution in [0.4, 0.5) is 0 Å². The van der Waals surface area contributed by atoms with Gasteiger partial charge in [-0.1, -0.05) is 49.2 Å². The first-order chi connectivity index (χ1) is 17.3. The molecule has 1 unspecified atom stereocenters. The van der Waals surface area contributed by atoms with Crippen molar-refractivity contribution >= 4 is 13.1 Å². The number of ether oxygens (including phenoxy) is 2. The average Bonchev–Trinajstić information content (AvgIpc) is 3.34. The van der Waals surface area contributed by atoms with Crippen molar-refractivity contribution in [2.75, 3.05) is 13.2 Å². The molecular formula is C27H37BN2O6. The Balaban J connectivity index is 1.21. The molecule has 36 heavy (non-hydrogen) atoms. The Hall–Kier alpha value is -2.43. The molecule has 6 N–H and O–H groups in total. The number of aliphatic carboxylic acids is 1. The number of rotatable bonds is 13. The molecule has 2 fully saturated rings. The van der Waals surface area contributed by atoms with Crippen LogP contribution in [0.15, 0.2) is 48.5 Å². The van der Waals surface area contributed by atoms with Crippen LogP contribution in [-0.2, 0) is 16.1 Å². The zero-order valence-electron chi connectivity index (χ0n) is 20.6. The van der Waals surface area contributed by atoms with Crippen molar-refractivity contribution in [3.05, 3.63) is 54.1 Å². The Kier molecular flexibility index (Phi) is 9.03. The van der Waals surface area contributed by atoms with Crippen molar-refractivity contribution in [1.29, 1.82) is 0 Å². The second-order valence-corrected chi connectivity index (χ2v) is 10.1. The quantitative estimate of drug-likeness (QED) is 0.211. The number of hydrogen-bond donors (Lipinski definition) is 5. The molecule has 1 saturated carbocycles. The van der Waals surface area contributed by atoms with Gasteiger partial charge in [-0.2, -0.15) is 0 Å². The van der Waals surface area contributed by atoms with Gasteiger partial charge in [0.05, 0.1) is 13.2 Å². The van der Waals surface area contributed by atoms with Crippen LogP contribution in [-0.4, -0.2) is 59.1 Å². The molecule has 1 heterocycles.